The Labute approximate surface area is 104 Å². The second-order valence-corrected chi connectivity index (χ2v) is 7.38. The molecule has 6 heteroatoms. The summed E-state index contributed by atoms with van der Waals surface area (Å²) in [6.45, 7) is 9.22. The molecule has 1 heterocycles. The van der Waals surface area contributed by atoms with Crippen molar-refractivity contribution in [3.8, 4) is 0 Å². The van der Waals surface area contributed by atoms with Gasteiger partial charge in [-0.25, -0.2) is 8.42 Å². The number of likely N-dealkylation sites (N-methyl/N-ethyl adjacent to an activating group) is 1. The Kier molecular flexibility index (Phi) is 4.95. The Morgan fingerprint density at radius 2 is 1.71 bits per heavy atom. The normalized spacial score (nSPS) is 20.7. The number of hydrogen-bond donors (Lipinski definition) is 1. The molecule has 0 aromatic rings. The maximum atomic E-state index is 12.2. The van der Waals surface area contributed by atoms with Gasteiger partial charge in [0.1, 0.15) is 0 Å². The average Bonchev–Trinajstić information content (AvgIpc) is 2.28. The molecule has 0 radical (unpaired) electrons. The SMILES string of the molecule is CCN1CCN(S(=O)(=O)CC(C)(C)CO)CC1. The molecule has 1 fully saturated rings. The third-order valence-corrected chi connectivity index (χ3v) is 5.47. The van der Waals surface area contributed by atoms with Crippen LogP contribution in [0.5, 0.6) is 0 Å². The highest BCUT2D eigenvalue weighted by molar-refractivity contribution is 7.89. The molecule has 5 nitrogen and oxygen atoms in total. The van der Waals surface area contributed by atoms with Crippen molar-refractivity contribution in [2.45, 2.75) is 20.8 Å². The summed E-state index contributed by atoms with van der Waals surface area (Å²) in [6.07, 6.45) is 0. The third kappa shape index (κ3) is 4.21. The first-order valence-corrected chi connectivity index (χ1v) is 7.73. The van der Waals surface area contributed by atoms with E-state index in [2.05, 4.69) is 11.8 Å². The van der Waals surface area contributed by atoms with Gasteiger partial charge in [-0.3, -0.25) is 0 Å². The number of aliphatic hydroxyl groups excluding tert-OH is 1. The quantitative estimate of drug-likeness (QED) is 0.758. The molecular weight excluding hydrogens is 240 g/mol. The molecule has 17 heavy (non-hydrogen) atoms. The van der Waals surface area contributed by atoms with E-state index in [4.69, 9.17) is 5.11 Å². The summed E-state index contributed by atoms with van der Waals surface area (Å²) in [6, 6.07) is 0. The largest absolute Gasteiger partial charge is 0.396 e. The van der Waals surface area contributed by atoms with Crippen LogP contribution in [0.25, 0.3) is 0 Å². The summed E-state index contributed by atoms with van der Waals surface area (Å²) in [4.78, 5) is 2.24. The molecule has 0 aromatic heterocycles. The highest BCUT2D eigenvalue weighted by atomic mass is 32.2. The molecular formula is C11H24N2O3S. The van der Waals surface area contributed by atoms with Gasteiger partial charge < -0.3 is 10.0 Å². The van der Waals surface area contributed by atoms with Gasteiger partial charge in [-0.15, -0.1) is 0 Å². The molecule has 0 spiro atoms. The standard InChI is InChI=1S/C11H24N2O3S/c1-4-12-5-7-13(8-6-12)17(15,16)10-11(2,3)9-14/h14H,4-10H2,1-3H3. The Morgan fingerprint density at radius 3 is 2.12 bits per heavy atom. The zero-order chi connectivity index (χ0) is 13.1. The van der Waals surface area contributed by atoms with Crippen molar-refractivity contribution in [2.75, 3.05) is 45.1 Å². The molecule has 0 saturated carbocycles. The fraction of sp³-hybridized carbons (Fsp3) is 1.00. The molecule has 1 saturated heterocycles. The van der Waals surface area contributed by atoms with Gasteiger partial charge >= 0.3 is 0 Å². The molecule has 0 atom stereocenters. The lowest BCUT2D eigenvalue weighted by molar-refractivity contribution is 0.171. The van der Waals surface area contributed by atoms with Crippen LogP contribution >= 0.6 is 0 Å². The van der Waals surface area contributed by atoms with E-state index < -0.39 is 15.4 Å². The van der Waals surface area contributed by atoms with Crippen molar-refractivity contribution in [2.24, 2.45) is 5.41 Å². The van der Waals surface area contributed by atoms with Crippen molar-refractivity contribution >= 4 is 10.0 Å². The number of nitrogens with zero attached hydrogens (tertiary/aromatic N) is 2. The number of hydrogen-bond acceptors (Lipinski definition) is 4. The Hall–Kier alpha value is -0.170. The molecule has 1 N–H and O–H groups in total. The van der Waals surface area contributed by atoms with Gasteiger partial charge in [0.05, 0.1) is 5.75 Å². The van der Waals surface area contributed by atoms with Crippen LogP contribution in [0.1, 0.15) is 20.8 Å². The zero-order valence-corrected chi connectivity index (χ0v) is 11.8. The van der Waals surface area contributed by atoms with E-state index in [1.54, 1.807) is 18.2 Å². The second kappa shape index (κ2) is 5.65. The maximum Gasteiger partial charge on any atom is 0.214 e. The van der Waals surface area contributed by atoms with Crippen LogP contribution in [0.4, 0.5) is 0 Å². The van der Waals surface area contributed by atoms with E-state index in [-0.39, 0.29) is 12.4 Å². The van der Waals surface area contributed by atoms with E-state index in [1.165, 1.54) is 0 Å². The lowest BCUT2D eigenvalue weighted by Gasteiger charge is -2.35. The van der Waals surface area contributed by atoms with E-state index in [9.17, 15) is 8.42 Å². The monoisotopic (exact) mass is 264 g/mol. The highest BCUT2D eigenvalue weighted by Gasteiger charge is 2.32. The van der Waals surface area contributed by atoms with Gasteiger partial charge in [0.2, 0.25) is 10.0 Å². The van der Waals surface area contributed by atoms with Crippen LogP contribution in [-0.2, 0) is 10.0 Å². The number of piperazine rings is 1. The van der Waals surface area contributed by atoms with Crippen LogP contribution in [0, 0.1) is 5.41 Å². The van der Waals surface area contributed by atoms with E-state index in [1.807, 2.05) is 0 Å². The van der Waals surface area contributed by atoms with Crippen molar-refractivity contribution < 1.29 is 13.5 Å². The van der Waals surface area contributed by atoms with E-state index >= 15 is 0 Å². The first-order chi connectivity index (χ1) is 7.80. The Balaban J connectivity index is 2.61. The first-order valence-electron chi connectivity index (χ1n) is 6.12. The summed E-state index contributed by atoms with van der Waals surface area (Å²) in [5, 5.41) is 9.14. The van der Waals surface area contributed by atoms with Crippen LogP contribution in [0.2, 0.25) is 0 Å². The Morgan fingerprint density at radius 1 is 1.18 bits per heavy atom. The highest BCUT2D eigenvalue weighted by Crippen LogP contribution is 2.20. The summed E-state index contributed by atoms with van der Waals surface area (Å²) in [5.74, 6) is 0.0165. The number of rotatable bonds is 5. The third-order valence-electron chi connectivity index (χ3n) is 3.17. The lowest BCUT2D eigenvalue weighted by Crippen LogP contribution is -2.50. The average molecular weight is 264 g/mol. The fourth-order valence-electron chi connectivity index (χ4n) is 1.95. The van der Waals surface area contributed by atoms with Crippen molar-refractivity contribution in [3.63, 3.8) is 0 Å². The van der Waals surface area contributed by atoms with E-state index in [0.29, 0.717) is 13.1 Å². The Bertz CT molecular complexity index is 333. The topological polar surface area (TPSA) is 60.9 Å². The minimum atomic E-state index is -3.24. The molecule has 0 aromatic carbocycles. The molecule has 1 aliphatic heterocycles. The summed E-state index contributed by atoms with van der Waals surface area (Å²) in [7, 11) is -3.24. The predicted octanol–water partition coefficient (Wildman–Crippen LogP) is -0.0278. The van der Waals surface area contributed by atoms with Gasteiger partial charge in [0.15, 0.2) is 0 Å². The zero-order valence-electron chi connectivity index (χ0n) is 11.0. The number of sulfonamides is 1. The van der Waals surface area contributed by atoms with E-state index in [0.717, 1.165) is 19.6 Å². The van der Waals surface area contributed by atoms with Crippen LogP contribution in [0.15, 0.2) is 0 Å². The van der Waals surface area contributed by atoms with Gasteiger partial charge in [-0.05, 0) is 6.54 Å². The molecule has 1 aliphatic rings. The van der Waals surface area contributed by atoms with Crippen LogP contribution in [0.3, 0.4) is 0 Å². The fourth-order valence-corrected chi connectivity index (χ4v) is 3.94. The van der Waals surface area contributed by atoms with Crippen molar-refractivity contribution in [1.29, 1.82) is 0 Å². The van der Waals surface area contributed by atoms with Gasteiger partial charge in [-0.1, -0.05) is 20.8 Å². The summed E-state index contributed by atoms with van der Waals surface area (Å²) >= 11 is 0. The van der Waals surface area contributed by atoms with Crippen molar-refractivity contribution in [3.05, 3.63) is 0 Å². The summed E-state index contributed by atoms with van der Waals surface area (Å²) < 4.78 is 25.9. The second-order valence-electron chi connectivity index (χ2n) is 5.41. The van der Waals surface area contributed by atoms with Gasteiger partial charge in [0.25, 0.3) is 0 Å². The molecule has 1 rings (SSSR count). The summed E-state index contributed by atoms with van der Waals surface area (Å²) in [5.41, 5.74) is -0.569. The molecule has 102 valence electrons. The van der Waals surface area contributed by atoms with Gasteiger partial charge in [0, 0.05) is 38.2 Å². The predicted molar refractivity (Wildman–Crippen MR) is 68.3 cm³/mol. The van der Waals surface area contributed by atoms with Gasteiger partial charge in [-0.2, -0.15) is 4.31 Å². The minimum absolute atomic E-state index is 0.0165. The molecule has 0 bridgehead atoms. The maximum absolute atomic E-state index is 12.2. The van der Waals surface area contributed by atoms with Crippen LogP contribution in [-0.4, -0.2) is 67.8 Å². The lowest BCUT2D eigenvalue weighted by atomic mass is 9.98. The van der Waals surface area contributed by atoms with Crippen molar-refractivity contribution in [1.82, 2.24) is 9.21 Å². The smallest absolute Gasteiger partial charge is 0.214 e. The molecule has 0 amide bonds. The van der Waals surface area contributed by atoms with Crippen LogP contribution < -0.4 is 0 Å². The molecule has 0 aliphatic carbocycles. The number of aliphatic hydroxyl groups is 1. The first kappa shape index (κ1) is 14.9. The molecule has 0 unspecified atom stereocenters. The minimum Gasteiger partial charge on any atom is -0.396 e.